The van der Waals surface area contributed by atoms with E-state index in [1.807, 2.05) is 12.2 Å². The Hall–Kier alpha value is 0.711. The molecule has 16 heavy (non-hydrogen) atoms. The molecule has 0 amide bonds. The molecule has 1 aliphatic carbocycles. The number of halogens is 2. The van der Waals surface area contributed by atoms with Crippen molar-refractivity contribution in [1.82, 2.24) is 0 Å². The molecule has 0 fully saturated rings. The van der Waals surface area contributed by atoms with Gasteiger partial charge in [-0.1, -0.05) is 6.61 Å². The van der Waals surface area contributed by atoms with Crippen LogP contribution in [0.5, 0.6) is 0 Å². The summed E-state index contributed by atoms with van der Waals surface area (Å²) in [6.07, 6.45) is 10.0. The molecular formula is C9H21Cl2O3SiTi-3. The van der Waals surface area contributed by atoms with Crippen molar-refractivity contribution in [3.8, 4) is 0 Å². The maximum absolute atomic E-state index is 9.07. The summed E-state index contributed by atoms with van der Waals surface area (Å²) >= 11 is -0.722. The van der Waals surface area contributed by atoms with E-state index < -0.39 is 17.9 Å². The molecule has 0 aromatic carbocycles. The average Bonchev–Trinajstić information content (AvgIpc) is 2.66. The van der Waals surface area contributed by atoms with Gasteiger partial charge in [-0.2, -0.15) is 6.08 Å². The van der Waals surface area contributed by atoms with Crippen molar-refractivity contribution >= 4 is 32.4 Å². The van der Waals surface area contributed by atoms with Gasteiger partial charge < -0.3 is 24.6 Å². The zero-order valence-electron chi connectivity index (χ0n) is 9.68. The zero-order valence-corrected chi connectivity index (χ0v) is 14.3. The van der Waals surface area contributed by atoms with E-state index in [9.17, 15) is 0 Å². The Bertz CT molecular complexity index is 151. The van der Waals surface area contributed by atoms with Gasteiger partial charge in [-0.05, 0) is 0 Å². The van der Waals surface area contributed by atoms with E-state index in [0.717, 1.165) is 13.5 Å². The van der Waals surface area contributed by atoms with Crippen LogP contribution in [0.3, 0.4) is 0 Å². The number of hydrogen-bond donors (Lipinski definition) is 2. The van der Waals surface area contributed by atoms with Gasteiger partial charge in [0.25, 0.3) is 0 Å². The van der Waals surface area contributed by atoms with E-state index in [0.29, 0.717) is 0 Å². The second-order valence-electron chi connectivity index (χ2n) is 1.37. The van der Waals surface area contributed by atoms with E-state index in [-0.39, 0.29) is 38.8 Å². The van der Waals surface area contributed by atoms with E-state index in [2.05, 4.69) is 19.1 Å². The van der Waals surface area contributed by atoms with Crippen LogP contribution in [0.1, 0.15) is 6.42 Å². The SMILES string of the molecule is CO.Cl.Cl.[C-]1=CC=CC1.[CH2-]CO.[CH3-].[O]=[Ti]=[SiH2]. The van der Waals surface area contributed by atoms with Crippen molar-refractivity contribution in [2.24, 2.45) is 0 Å². The molecule has 0 aromatic rings. The van der Waals surface area contributed by atoms with E-state index in [1.54, 1.807) is 7.63 Å². The third kappa shape index (κ3) is 84.8. The van der Waals surface area contributed by atoms with Crippen molar-refractivity contribution < 1.29 is 31.4 Å². The summed E-state index contributed by atoms with van der Waals surface area (Å²) in [6.45, 7) is 3.04. The van der Waals surface area contributed by atoms with Crippen LogP contribution in [-0.2, 0) is 21.2 Å². The Morgan fingerprint density at radius 3 is 1.88 bits per heavy atom. The van der Waals surface area contributed by atoms with Crippen molar-refractivity contribution in [2.75, 3.05) is 13.7 Å². The van der Waals surface area contributed by atoms with Crippen LogP contribution in [0, 0.1) is 20.4 Å². The Balaban J connectivity index is -0.0000000208. The van der Waals surface area contributed by atoms with Gasteiger partial charge in [-0.15, -0.1) is 31.2 Å². The molecule has 0 aromatic heterocycles. The number of aliphatic hydroxyl groups excluding tert-OH is 2. The fraction of sp³-hybridized carbons (Fsp3) is 0.333. The first-order valence-corrected chi connectivity index (χ1v) is 8.20. The van der Waals surface area contributed by atoms with Crippen molar-refractivity contribution in [2.45, 2.75) is 6.42 Å². The third-order valence-electron chi connectivity index (χ3n) is 0.586. The quantitative estimate of drug-likeness (QED) is 0.516. The van der Waals surface area contributed by atoms with Gasteiger partial charge in [0.15, 0.2) is 0 Å². The third-order valence-corrected chi connectivity index (χ3v) is 0.586. The molecule has 0 atom stereocenters. The number of hydrogen-bond acceptors (Lipinski definition) is 3. The molecule has 2 N–H and O–H groups in total. The number of allylic oxidation sites excluding steroid dienone is 4. The fourth-order valence-corrected chi connectivity index (χ4v) is 0.340. The molecule has 0 heterocycles. The molecule has 0 radical (unpaired) electrons. The van der Waals surface area contributed by atoms with E-state index in [4.69, 9.17) is 13.5 Å². The van der Waals surface area contributed by atoms with Gasteiger partial charge in [0.05, 0.1) is 0 Å². The predicted octanol–water partition coefficient (Wildman–Crippen LogP) is 0.983. The summed E-state index contributed by atoms with van der Waals surface area (Å²) in [6, 6.07) is 0. The molecule has 0 bridgehead atoms. The van der Waals surface area contributed by atoms with E-state index in [1.165, 1.54) is 0 Å². The summed E-state index contributed by atoms with van der Waals surface area (Å²) < 4.78 is 9.07. The topological polar surface area (TPSA) is 57.5 Å². The number of rotatable bonds is 0. The Labute approximate surface area is 122 Å². The molecule has 0 spiro atoms. The van der Waals surface area contributed by atoms with Gasteiger partial charge >= 0.3 is 28.8 Å². The van der Waals surface area contributed by atoms with Gasteiger partial charge in [0.2, 0.25) is 0 Å². The summed E-state index contributed by atoms with van der Waals surface area (Å²) in [5, 5.41) is 14.5. The standard InChI is InChI=1S/C5H5.C2H5O.CH4O.CH3.2ClH.O.H2Si.Ti/c1-2-4-5-3-1;1-2-3;1-2;;;;;;/h1-3H,4H2;3H,1-2H2;2H,1H3;1H3;2*1H;;1H2;/q2*-1;;-1;;;;;. The zero-order chi connectivity index (χ0) is 10.9. The molecule has 7 heteroatoms. The summed E-state index contributed by atoms with van der Waals surface area (Å²) in [5.74, 6) is 0. The first-order chi connectivity index (χ1) is 6.33. The van der Waals surface area contributed by atoms with Crippen LogP contribution in [0.15, 0.2) is 18.2 Å². The molecule has 0 saturated heterocycles. The van der Waals surface area contributed by atoms with Crippen LogP contribution in [-0.4, -0.2) is 31.6 Å². The normalized spacial score (nSPS) is 7.50. The summed E-state index contributed by atoms with van der Waals surface area (Å²) in [7, 11) is 2.54. The van der Waals surface area contributed by atoms with Crippen molar-refractivity contribution in [1.29, 1.82) is 0 Å². The van der Waals surface area contributed by atoms with Crippen LogP contribution in [0.25, 0.3) is 0 Å². The number of aliphatic hydroxyl groups is 2. The van der Waals surface area contributed by atoms with Gasteiger partial charge in [-0.3, -0.25) is 6.08 Å². The van der Waals surface area contributed by atoms with Crippen molar-refractivity contribution in [3.63, 3.8) is 0 Å². The van der Waals surface area contributed by atoms with Gasteiger partial charge in [0.1, 0.15) is 0 Å². The second-order valence-corrected chi connectivity index (χ2v) is 3.01. The van der Waals surface area contributed by atoms with Crippen molar-refractivity contribution in [3.05, 3.63) is 38.7 Å². The molecule has 1 rings (SSSR count). The van der Waals surface area contributed by atoms with Gasteiger partial charge in [-0.25, -0.2) is 12.2 Å². The van der Waals surface area contributed by atoms with E-state index >= 15 is 0 Å². The Morgan fingerprint density at radius 2 is 1.81 bits per heavy atom. The monoisotopic (exact) mass is 323 g/mol. The molecule has 100 valence electrons. The maximum atomic E-state index is 9.07. The van der Waals surface area contributed by atoms with Crippen LogP contribution >= 0.6 is 24.8 Å². The molecule has 0 aliphatic heterocycles. The minimum absolute atomic E-state index is 0. The molecule has 1 aliphatic rings. The molecule has 0 unspecified atom stereocenters. The Morgan fingerprint density at radius 1 is 1.50 bits per heavy atom. The van der Waals surface area contributed by atoms with Crippen LogP contribution in [0.2, 0.25) is 0 Å². The Kier molecular flexibility index (Phi) is 128. The van der Waals surface area contributed by atoms with Crippen LogP contribution in [0.4, 0.5) is 0 Å². The van der Waals surface area contributed by atoms with Crippen LogP contribution < -0.4 is 0 Å². The van der Waals surface area contributed by atoms with Gasteiger partial charge in [0, 0.05) is 7.11 Å². The molecule has 0 saturated carbocycles. The first-order valence-electron chi connectivity index (χ1n) is 3.54. The second kappa shape index (κ2) is 57.2. The average molecular weight is 324 g/mol. The molecular weight excluding hydrogens is 303 g/mol. The first kappa shape index (κ1) is 36.0. The summed E-state index contributed by atoms with van der Waals surface area (Å²) in [5.41, 5.74) is 0. The predicted molar refractivity (Wildman–Crippen MR) is 72.3 cm³/mol. The minimum atomic E-state index is -0.722. The fourth-order valence-electron chi connectivity index (χ4n) is 0.340. The molecule has 3 nitrogen and oxygen atoms in total. The summed E-state index contributed by atoms with van der Waals surface area (Å²) in [4.78, 5) is 0.